The fourth-order valence-electron chi connectivity index (χ4n) is 0.442. The zero-order valence-corrected chi connectivity index (χ0v) is 8.80. The van der Waals surface area contributed by atoms with E-state index >= 15 is 0 Å². The Kier molecular flexibility index (Phi) is 5.36. The molecular formula is C7H12O6S. The van der Waals surface area contributed by atoms with Crippen LogP contribution in [0.4, 0.5) is 0 Å². The van der Waals surface area contributed by atoms with Gasteiger partial charge in [-0.3, -0.25) is 4.18 Å². The van der Waals surface area contributed by atoms with Gasteiger partial charge in [-0.15, -0.1) is 0 Å². The molecule has 0 N–H and O–H groups in total. The van der Waals surface area contributed by atoms with Crippen LogP contribution in [-0.4, -0.2) is 34.7 Å². The summed E-state index contributed by atoms with van der Waals surface area (Å²) < 4.78 is 33.9. The Morgan fingerprint density at radius 2 is 1.93 bits per heavy atom. The Balaban J connectivity index is 3.68. The molecule has 0 aliphatic carbocycles. The molecule has 0 heterocycles. The largest absolute Gasteiger partial charge is 0.460 e. The van der Waals surface area contributed by atoms with Gasteiger partial charge in [0, 0.05) is 5.57 Å². The van der Waals surface area contributed by atoms with Crippen LogP contribution < -0.4 is 0 Å². The topological polar surface area (TPSA) is 78.9 Å². The quantitative estimate of drug-likeness (QED) is 0.359. The summed E-state index contributed by atoms with van der Waals surface area (Å²) >= 11 is 0. The molecule has 0 unspecified atom stereocenters. The Morgan fingerprint density at radius 1 is 1.36 bits per heavy atom. The first-order valence-electron chi connectivity index (χ1n) is 3.66. The molecule has 0 saturated carbocycles. The van der Waals surface area contributed by atoms with E-state index in [4.69, 9.17) is 0 Å². The van der Waals surface area contributed by atoms with Crippen LogP contribution in [0.15, 0.2) is 12.2 Å². The summed E-state index contributed by atoms with van der Waals surface area (Å²) in [4.78, 5) is 10.8. The van der Waals surface area contributed by atoms with Gasteiger partial charge in [0.1, 0.15) is 13.2 Å². The second-order valence-corrected chi connectivity index (χ2v) is 3.70. The van der Waals surface area contributed by atoms with Crippen molar-refractivity contribution in [3.05, 3.63) is 12.2 Å². The van der Waals surface area contributed by atoms with Crippen LogP contribution in [0.1, 0.15) is 6.92 Å². The molecule has 0 rings (SSSR count). The smallest absolute Gasteiger partial charge is 0.399 e. The zero-order valence-electron chi connectivity index (χ0n) is 7.98. The molecule has 0 amide bonds. The fourth-order valence-corrected chi connectivity index (χ4v) is 0.810. The number of carbonyl (C=O) groups excluding carboxylic acids is 1. The summed E-state index contributed by atoms with van der Waals surface area (Å²) in [5.74, 6) is -0.594. The average Bonchev–Trinajstić information content (AvgIpc) is 2.12. The van der Waals surface area contributed by atoms with E-state index in [1.54, 1.807) is 0 Å². The number of hydrogen-bond donors (Lipinski definition) is 0. The number of rotatable bonds is 6. The van der Waals surface area contributed by atoms with Crippen molar-refractivity contribution in [1.29, 1.82) is 0 Å². The molecule has 0 aliphatic rings. The third kappa shape index (κ3) is 5.68. The number of hydrogen-bond acceptors (Lipinski definition) is 6. The first-order chi connectivity index (χ1) is 6.39. The van der Waals surface area contributed by atoms with Crippen molar-refractivity contribution in [1.82, 2.24) is 0 Å². The van der Waals surface area contributed by atoms with Crippen LogP contribution in [0.2, 0.25) is 0 Å². The molecular weight excluding hydrogens is 212 g/mol. The first kappa shape index (κ1) is 13.1. The van der Waals surface area contributed by atoms with Gasteiger partial charge in [0.2, 0.25) is 0 Å². The Bertz CT molecular complexity index is 304. The van der Waals surface area contributed by atoms with E-state index in [0.717, 1.165) is 7.11 Å². The summed E-state index contributed by atoms with van der Waals surface area (Å²) in [5, 5.41) is 0. The monoisotopic (exact) mass is 224 g/mol. The standard InChI is InChI=1S/C7H12O6S/c1-6(2)7(8)12-4-5-13-14(9,10)11-3/h1,4-5H2,2-3H3. The van der Waals surface area contributed by atoms with Gasteiger partial charge < -0.3 is 4.74 Å². The van der Waals surface area contributed by atoms with Gasteiger partial charge >= 0.3 is 16.4 Å². The molecule has 0 aromatic carbocycles. The van der Waals surface area contributed by atoms with Crippen LogP contribution >= 0.6 is 0 Å². The minimum absolute atomic E-state index is 0.172. The van der Waals surface area contributed by atoms with Crippen molar-refractivity contribution in [2.45, 2.75) is 6.92 Å². The van der Waals surface area contributed by atoms with Crippen molar-refractivity contribution < 1.29 is 26.3 Å². The fraction of sp³-hybridized carbons (Fsp3) is 0.571. The molecule has 0 atom stereocenters. The third-order valence-electron chi connectivity index (χ3n) is 1.10. The van der Waals surface area contributed by atoms with Gasteiger partial charge in [-0.2, -0.15) is 8.42 Å². The Hall–Kier alpha value is -0.920. The molecule has 0 bridgehead atoms. The van der Waals surface area contributed by atoms with E-state index in [1.165, 1.54) is 6.92 Å². The summed E-state index contributed by atoms with van der Waals surface area (Å²) in [7, 11) is -2.98. The van der Waals surface area contributed by atoms with E-state index in [2.05, 4.69) is 19.7 Å². The summed E-state index contributed by atoms with van der Waals surface area (Å²) in [5.41, 5.74) is 0.236. The van der Waals surface area contributed by atoms with Crippen molar-refractivity contribution in [3.8, 4) is 0 Å². The lowest BCUT2D eigenvalue weighted by molar-refractivity contribution is -0.139. The SMILES string of the molecule is C=C(C)C(=O)OCCOS(=O)(=O)OC. The molecule has 0 saturated heterocycles. The maximum Gasteiger partial charge on any atom is 0.399 e. The lowest BCUT2D eigenvalue weighted by Gasteiger charge is -2.04. The predicted molar refractivity (Wildman–Crippen MR) is 47.7 cm³/mol. The summed E-state index contributed by atoms with van der Waals surface area (Å²) in [6, 6.07) is 0. The minimum atomic E-state index is -3.95. The van der Waals surface area contributed by atoms with Crippen molar-refractivity contribution in [3.63, 3.8) is 0 Å². The Morgan fingerprint density at radius 3 is 2.36 bits per heavy atom. The lowest BCUT2D eigenvalue weighted by atomic mass is 10.4. The van der Waals surface area contributed by atoms with Crippen LogP contribution in [-0.2, 0) is 28.3 Å². The predicted octanol–water partition coefficient (Wildman–Crippen LogP) is 0.0135. The minimum Gasteiger partial charge on any atom is -0.460 e. The van der Waals surface area contributed by atoms with Gasteiger partial charge in [-0.05, 0) is 6.92 Å². The summed E-state index contributed by atoms with van der Waals surface area (Å²) in [6.07, 6.45) is 0. The molecule has 14 heavy (non-hydrogen) atoms. The number of ether oxygens (including phenoxy) is 1. The van der Waals surface area contributed by atoms with Gasteiger partial charge in [-0.25, -0.2) is 8.98 Å². The molecule has 7 heteroatoms. The van der Waals surface area contributed by atoms with Crippen LogP contribution in [0.25, 0.3) is 0 Å². The molecule has 82 valence electrons. The number of carbonyl (C=O) groups is 1. The maximum atomic E-state index is 10.8. The second kappa shape index (κ2) is 5.74. The molecule has 0 radical (unpaired) electrons. The van der Waals surface area contributed by atoms with Crippen molar-refractivity contribution >= 4 is 16.4 Å². The normalized spacial score (nSPS) is 11.0. The van der Waals surface area contributed by atoms with E-state index in [1.807, 2.05) is 0 Å². The van der Waals surface area contributed by atoms with Gasteiger partial charge in [-0.1, -0.05) is 6.58 Å². The van der Waals surface area contributed by atoms with Crippen molar-refractivity contribution in [2.24, 2.45) is 0 Å². The molecule has 0 aliphatic heterocycles. The van der Waals surface area contributed by atoms with Crippen LogP contribution in [0.3, 0.4) is 0 Å². The molecule has 0 aromatic rings. The van der Waals surface area contributed by atoms with E-state index in [9.17, 15) is 13.2 Å². The van der Waals surface area contributed by atoms with Gasteiger partial charge in [0.15, 0.2) is 0 Å². The van der Waals surface area contributed by atoms with E-state index < -0.39 is 16.4 Å². The highest BCUT2D eigenvalue weighted by Crippen LogP contribution is 1.95. The zero-order chi connectivity index (χ0) is 11.2. The molecule has 0 spiro atoms. The van der Waals surface area contributed by atoms with Crippen LogP contribution in [0, 0.1) is 0 Å². The maximum absolute atomic E-state index is 10.8. The van der Waals surface area contributed by atoms with E-state index in [0.29, 0.717) is 0 Å². The molecule has 6 nitrogen and oxygen atoms in total. The second-order valence-electron chi connectivity index (χ2n) is 2.31. The molecule has 0 fully saturated rings. The van der Waals surface area contributed by atoms with Crippen LogP contribution in [0.5, 0.6) is 0 Å². The third-order valence-corrected chi connectivity index (χ3v) is 1.96. The van der Waals surface area contributed by atoms with E-state index in [-0.39, 0.29) is 18.8 Å². The average molecular weight is 224 g/mol. The number of esters is 1. The highest BCUT2D eigenvalue weighted by atomic mass is 32.3. The van der Waals surface area contributed by atoms with Crippen molar-refractivity contribution in [2.75, 3.05) is 20.3 Å². The summed E-state index contributed by atoms with van der Waals surface area (Å²) in [6.45, 7) is 4.37. The Labute approximate surface area is 82.8 Å². The highest BCUT2D eigenvalue weighted by molar-refractivity contribution is 7.81. The first-order valence-corrected chi connectivity index (χ1v) is 5.00. The highest BCUT2D eigenvalue weighted by Gasteiger charge is 2.09. The van der Waals surface area contributed by atoms with Gasteiger partial charge in [0.25, 0.3) is 0 Å². The molecule has 0 aromatic heterocycles. The lowest BCUT2D eigenvalue weighted by Crippen LogP contribution is -2.15. The van der Waals surface area contributed by atoms with Gasteiger partial charge in [0.05, 0.1) is 7.11 Å².